The fourth-order valence-electron chi connectivity index (χ4n) is 4.79. The highest BCUT2D eigenvalue weighted by atomic mass is 32.2. The van der Waals surface area contributed by atoms with E-state index in [9.17, 15) is 21.9 Å². The second kappa shape index (κ2) is 11.4. The number of nitrogens with zero attached hydrogens (tertiary/aromatic N) is 1. The Balaban J connectivity index is 1.23. The van der Waals surface area contributed by atoms with Crippen LogP contribution in [0.4, 0.5) is 0 Å². The summed E-state index contributed by atoms with van der Waals surface area (Å²) in [6.07, 6.45) is 1.17. The first-order chi connectivity index (χ1) is 17.5. The molecule has 0 bridgehead atoms. The van der Waals surface area contributed by atoms with Crippen LogP contribution in [0, 0.1) is 6.92 Å². The normalized spacial score (nSPS) is 21.2. The summed E-state index contributed by atoms with van der Waals surface area (Å²) in [6.45, 7) is 3.46. The van der Waals surface area contributed by atoms with Crippen LogP contribution in [-0.2, 0) is 24.8 Å². The lowest BCUT2D eigenvalue weighted by Crippen LogP contribution is -2.47. The van der Waals surface area contributed by atoms with Gasteiger partial charge in [0.15, 0.2) is 0 Å². The molecular formula is C25H35N3O7S2. The van der Waals surface area contributed by atoms with E-state index in [0.717, 1.165) is 12.0 Å². The van der Waals surface area contributed by atoms with Crippen molar-refractivity contribution in [1.29, 1.82) is 0 Å². The molecule has 1 spiro atoms. The molecule has 12 heteroatoms. The molecule has 2 fully saturated rings. The van der Waals surface area contributed by atoms with Crippen LogP contribution < -0.4 is 14.8 Å². The zero-order valence-corrected chi connectivity index (χ0v) is 22.7. The van der Waals surface area contributed by atoms with Gasteiger partial charge in [-0.2, -0.15) is 4.31 Å². The molecule has 2 unspecified atom stereocenters. The largest absolute Gasteiger partial charge is 0.491 e. The van der Waals surface area contributed by atoms with Crippen LogP contribution in [0.1, 0.15) is 24.8 Å². The number of sulfonamides is 2. The summed E-state index contributed by atoms with van der Waals surface area (Å²) >= 11 is 0. The van der Waals surface area contributed by atoms with E-state index in [1.54, 1.807) is 30.3 Å². The van der Waals surface area contributed by atoms with E-state index in [4.69, 9.17) is 9.47 Å². The minimum absolute atomic E-state index is 0.000550. The fourth-order valence-corrected chi connectivity index (χ4v) is 7.10. The number of rotatable bonds is 10. The minimum atomic E-state index is -3.58. The highest BCUT2D eigenvalue weighted by Crippen LogP contribution is 2.37. The van der Waals surface area contributed by atoms with Crippen LogP contribution in [0.2, 0.25) is 0 Å². The van der Waals surface area contributed by atoms with Crippen LogP contribution in [0.15, 0.2) is 58.3 Å². The Bertz CT molecular complexity index is 1290. The Morgan fingerprint density at radius 2 is 1.81 bits per heavy atom. The Kier molecular flexibility index (Phi) is 8.58. The first kappa shape index (κ1) is 28.0. The first-order valence-electron chi connectivity index (χ1n) is 12.3. The lowest BCUT2D eigenvalue weighted by Gasteiger charge is -2.38. The zero-order valence-electron chi connectivity index (χ0n) is 21.1. The van der Waals surface area contributed by atoms with Crippen molar-refractivity contribution >= 4 is 20.0 Å². The number of benzene rings is 2. The molecule has 2 aromatic rings. The van der Waals surface area contributed by atoms with Crippen LogP contribution in [0.5, 0.6) is 5.75 Å². The molecule has 3 N–H and O–H groups in total. The summed E-state index contributed by atoms with van der Waals surface area (Å²) in [5.74, 6) is 0.353. The van der Waals surface area contributed by atoms with E-state index in [1.807, 2.05) is 13.0 Å². The highest BCUT2D eigenvalue weighted by molar-refractivity contribution is 7.89. The molecule has 2 heterocycles. The van der Waals surface area contributed by atoms with Crippen molar-refractivity contribution in [3.63, 3.8) is 0 Å². The van der Waals surface area contributed by atoms with Gasteiger partial charge in [0.1, 0.15) is 18.5 Å². The molecule has 2 aliphatic heterocycles. The van der Waals surface area contributed by atoms with Gasteiger partial charge in [0.05, 0.1) is 22.0 Å². The molecule has 0 aliphatic carbocycles. The molecule has 0 amide bonds. The van der Waals surface area contributed by atoms with E-state index < -0.39 is 26.2 Å². The summed E-state index contributed by atoms with van der Waals surface area (Å²) in [7, 11) is -5.77. The van der Waals surface area contributed by atoms with Crippen molar-refractivity contribution < 1.29 is 31.4 Å². The topological polar surface area (TPSA) is 134 Å². The number of ether oxygens (including phenoxy) is 2. The molecule has 2 atom stereocenters. The number of aliphatic hydroxyl groups excluding tert-OH is 1. The maximum absolute atomic E-state index is 13.0. The molecular weight excluding hydrogens is 518 g/mol. The third-order valence-electron chi connectivity index (χ3n) is 6.94. The average molecular weight is 554 g/mol. The molecule has 10 nitrogen and oxygen atoms in total. The zero-order chi connectivity index (χ0) is 26.7. The number of hydrogen-bond donors (Lipinski definition) is 3. The molecule has 0 aromatic heterocycles. The van der Waals surface area contributed by atoms with Crippen molar-refractivity contribution in [2.24, 2.45) is 0 Å². The smallest absolute Gasteiger partial charge is 0.243 e. The number of hydrogen-bond acceptors (Lipinski definition) is 8. The Morgan fingerprint density at radius 3 is 2.51 bits per heavy atom. The molecule has 0 radical (unpaired) electrons. The van der Waals surface area contributed by atoms with Gasteiger partial charge in [0.25, 0.3) is 0 Å². The van der Waals surface area contributed by atoms with E-state index in [0.29, 0.717) is 43.2 Å². The standard InChI is InChI=1S/C25H35N3O7S2/c1-19-5-3-8-24(13-19)37(32,33)28-11-9-25(10-12-28)15-20(17-35-25)27-16-21(29)18-34-22-6-4-7-23(14-22)36(30,31)26-2/h3-8,13-14,20-21,26-27,29H,9-12,15-18H2,1-2H3. The third kappa shape index (κ3) is 6.69. The highest BCUT2D eigenvalue weighted by Gasteiger charge is 2.44. The second-order valence-corrected chi connectivity index (χ2v) is 13.5. The van der Waals surface area contributed by atoms with Gasteiger partial charge in [-0.25, -0.2) is 21.6 Å². The van der Waals surface area contributed by atoms with Gasteiger partial charge >= 0.3 is 0 Å². The van der Waals surface area contributed by atoms with Crippen LogP contribution in [0.3, 0.4) is 0 Å². The van der Waals surface area contributed by atoms with Gasteiger partial charge < -0.3 is 19.9 Å². The van der Waals surface area contributed by atoms with Crippen molar-refractivity contribution in [2.45, 2.75) is 53.7 Å². The molecule has 204 valence electrons. The van der Waals surface area contributed by atoms with E-state index in [1.165, 1.54) is 23.5 Å². The summed E-state index contributed by atoms with van der Waals surface area (Å²) < 4.78 is 65.5. The second-order valence-electron chi connectivity index (χ2n) is 9.67. The van der Waals surface area contributed by atoms with Gasteiger partial charge in [0.2, 0.25) is 20.0 Å². The summed E-state index contributed by atoms with van der Waals surface area (Å²) in [5.41, 5.74) is 0.544. The lowest BCUT2D eigenvalue weighted by atomic mass is 9.88. The molecule has 4 rings (SSSR count). The average Bonchev–Trinajstić information content (AvgIpc) is 3.28. The maximum atomic E-state index is 13.0. The monoisotopic (exact) mass is 553 g/mol. The maximum Gasteiger partial charge on any atom is 0.243 e. The number of aryl methyl sites for hydroxylation is 1. The van der Waals surface area contributed by atoms with Gasteiger partial charge in [-0.05, 0) is 63.1 Å². The van der Waals surface area contributed by atoms with Gasteiger partial charge in [-0.3, -0.25) is 0 Å². The Labute approximate surface area is 219 Å². The SMILES string of the molecule is CNS(=O)(=O)c1cccc(OCC(O)CNC2COC3(CCN(S(=O)(=O)c4cccc(C)c4)CC3)C2)c1. The number of piperidine rings is 1. The van der Waals surface area contributed by atoms with Crippen molar-refractivity contribution in [3.05, 3.63) is 54.1 Å². The van der Waals surface area contributed by atoms with Crippen LogP contribution >= 0.6 is 0 Å². The quantitative estimate of drug-likeness (QED) is 0.400. The first-order valence-corrected chi connectivity index (χ1v) is 15.2. The summed E-state index contributed by atoms with van der Waals surface area (Å²) in [6, 6.07) is 13.1. The minimum Gasteiger partial charge on any atom is -0.491 e. The molecule has 37 heavy (non-hydrogen) atoms. The van der Waals surface area contributed by atoms with Crippen molar-refractivity contribution in [1.82, 2.24) is 14.3 Å². The predicted molar refractivity (Wildman–Crippen MR) is 138 cm³/mol. The lowest BCUT2D eigenvalue weighted by molar-refractivity contribution is -0.0312. The van der Waals surface area contributed by atoms with Gasteiger partial charge in [-0.15, -0.1) is 0 Å². The van der Waals surface area contributed by atoms with Crippen LogP contribution in [-0.4, -0.2) is 83.9 Å². The molecule has 2 saturated heterocycles. The molecule has 0 saturated carbocycles. The molecule has 2 aliphatic rings. The van der Waals surface area contributed by atoms with E-state index in [2.05, 4.69) is 10.0 Å². The number of nitrogens with one attached hydrogen (secondary N) is 2. The fraction of sp³-hybridized carbons (Fsp3) is 0.520. The predicted octanol–water partition coefficient (Wildman–Crippen LogP) is 1.24. The van der Waals surface area contributed by atoms with Gasteiger partial charge in [-0.1, -0.05) is 18.2 Å². The Hall–Kier alpha value is -2.06. The summed E-state index contributed by atoms with van der Waals surface area (Å²) in [5, 5.41) is 13.7. The van der Waals surface area contributed by atoms with E-state index >= 15 is 0 Å². The van der Waals surface area contributed by atoms with Crippen molar-refractivity contribution in [2.75, 3.05) is 39.9 Å². The van der Waals surface area contributed by atoms with Crippen molar-refractivity contribution in [3.8, 4) is 5.75 Å². The number of aliphatic hydroxyl groups is 1. The Morgan fingerprint density at radius 1 is 1.11 bits per heavy atom. The molecule has 2 aromatic carbocycles. The van der Waals surface area contributed by atoms with Crippen LogP contribution in [0.25, 0.3) is 0 Å². The third-order valence-corrected chi connectivity index (χ3v) is 10.2. The van der Waals surface area contributed by atoms with E-state index in [-0.39, 0.29) is 29.7 Å². The van der Waals surface area contributed by atoms with Gasteiger partial charge in [0, 0.05) is 31.7 Å². The summed E-state index contributed by atoms with van der Waals surface area (Å²) in [4.78, 5) is 0.410.